The molecular formula is C86H158N10O6. The molecule has 0 bridgehead atoms. The van der Waals surface area contributed by atoms with Gasteiger partial charge in [-0.1, -0.05) is 297 Å². The molecule has 0 saturated heterocycles. The fourth-order valence-electron chi connectivity index (χ4n) is 5.62. The van der Waals surface area contributed by atoms with Gasteiger partial charge in [0.05, 0.1) is 23.8 Å². The number of nitrogens with zero attached hydrogens (tertiary/aromatic N) is 10. The van der Waals surface area contributed by atoms with Crippen molar-refractivity contribution in [2.24, 2.45) is 74.8 Å². The summed E-state index contributed by atoms with van der Waals surface area (Å²) < 4.78 is 8.93. The maximum absolute atomic E-state index is 11.2. The molecule has 16 nitrogen and oxygen atoms in total. The highest BCUT2D eigenvalue weighted by atomic mass is 16.2. The molecule has 0 amide bonds. The molecule has 102 heavy (non-hydrogen) atoms. The number of rotatable bonds is 0. The Morgan fingerprint density at radius 3 is 0.882 bits per heavy atom. The van der Waals surface area contributed by atoms with Crippen molar-refractivity contribution in [2.75, 3.05) is 0 Å². The van der Waals surface area contributed by atoms with E-state index in [0.717, 1.165) is 28.1 Å². The summed E-state index contributed by atoms with van der Waals surface area (Å²) in [7, 11) is 10.3. The van der Waals surface area contributed by atoms with Crippen LogP contribution in [0.4, 0.5) is 0 Å². The van der Waals surface area contributed by atoms with Crippen LogP contribution in [0.2, 0.25) is 0 Å². The summed E-state index contributed by atoms with van der Waals surface area (Å²) in [6.07, 6.45) is 12.0. The van der Waals surface area contributed by atoms with Crippen LogP contribution in [0.5, 0.6) is 0 Å². The lowest BCUT2D eigenvalue weighted by atomic mass is 9.88. The molecule has 0 unspecified atom stereocenters. The number of aryl methyl sites for hydroxylation is 6. The van der Waals surface area contributed by atoms with Crippen LogP contribution < -0.4 is 33.5 Å². The van der Waals surface area contributed by atoms with Gasteiger partial charge < -0.3 is 18.3 Å². The van der Waals surface area contributed by atoms with Crippen molar-refractivity contribution in [3.63, 3.8) is 0 Å². The zero-order chi connectivity index (χ0) is 83.1. The molecule has 6 aromatic rings. The van der Waals surface area contributed by atoms with Crippen molar-refractivity contribution in [2.45, 2.75) is 323 Å². The van der Waals surface area contributed by atoms with Gasteiger partial charge in [-0.05, 0) is 88.5 Å². The minimum Gasteiger partial charge on any atom is -0.319 e. The number of aromatic nitrogens is 10. The zero-order valence-electron chi connectivity index (χ0n) is 75.0. The predicted octanol–water partition coefficient (Wildman–Crippen LogP) is 20.0. The topological polar surface area (TPSA) is 184 Å². The Kier molecular flexibility index (Phi) is 45.5. The molecule has 0 aliphatic carbocycles. The second-order valence-electron chi connectivity index (χ2n) is 42.1. The van der Waals surface area contributed by atoms with E-state index in [1.807, 2.05) is 30.7 Å². The largest absolute Gasteiger partial charge is 0.347 e. The Balaban J connectivity index is -0.000000251. The maximum atomic E-state index is 11.2. The van der Waals surface area contributed by atoms with E-state index in [4.69, 9.17) is 0 Å². The summed E-state index contributed by atoms with van der Waals surface area (Å²) in [6.45, 7) is 90.1. The molecule has 0 radical (unpaired) electrons. The summed E-state index contributed by atoms with van der Waals surface area (Å²) in [5.74, 6) is 0. The summed E-state index contributed by atoms with van der Waals surface area (Å²) >= 11 is 0. The van der Waals surface area contributed by atoms with Gasteiger partial charge in [0.1, 0.15) is 0 Å². The second kappa shape index (κ2) is 43.6. The van der Waals surface area contributed by atoms with Crippen molar-refractivity contribution in [1.82, 2.24) is 47.8 Å². The molecule has 6 heterocycles. The number of hydrogen-bond acceptors (Lipinski definition) is 10. The normalized spacial score (nSPS) is 11.8. The Morgan fingerprint density at radius 2 is 0.588 bits per heavy atom. The molecule has 0 N–H and O–H groups in total. The quantitative estimate of drug-likeness (QED) is 0.142. The second-order valence-corrected chi connectivity index (χ2v) is 42.1. The minimum absolute atomic E-state index is 0.000417. The predicted molar refractivity (Wildman–Crippen MR) is 444 cm³/mol. The van der Waals surface area contributed by atoms with Crippen molar-refractivity contribution < 1.29 is 0 Å². The first-order valence-electron chi connectivity index (χ1n) is 36.0. The Bertz CT molecular complexity index is 3210. The van der Waals surface area contributed by atoms with Crippen LogP contribution in [0.15, 0.2) is 115 Å². The first-order chi connectivity index (χ1) is 44.5. The molecule has 0 saturated carbocycles. The summed E-state index contributed by atoms with van der Waals surface area (Å²) in [6, 6.07) is 12.1. The molecule has 0 aliphatic heterocycles. The van der Waals surface area contributed by atoms with Gasteiger partial charge in [-0.2, -0.15) is 10.2 Å². The van der Waals surface area contributed by atoms with E-state index >= 15 is 0 Å². The first-order valence-corrected chi connectivity index (χ1v) is 36.0. The van der Waals surface area contributed by atoms with E-state index in [0.29, 0.717) is 32.5 Å². The Morgan fingerprint density at radius 1 is 0.255 bits per heavy atom. The minimum atomic E-state index is -0.206. The van der Waals surface area contributed by atoms with Gasteiger partial charge in [-0.15, -0.1) is 0 Å². The molecule has 6 rings (SSSR count). The van der Waals surface area contributed by atoms with E-state index < -0.39 is 0 Å². The van der Waals surface area contributed by atoms with Crippen LogP contribution in [0.1, 0.15) is 324 Å². The van der Waals surface area contributed by atoms with Gasteiger partial charge >= 0.3 is 5.69 Å². The molecule has 0 atom stereocenters. The molecule has 16 heteroatoms. The van der Waals surface area contributed by atoms with Crippen molar-refractivity contribution >= 4 is 0 Å². The zero-order valence-corrected chi connectivity index (χ0v) is 75.0. The van der Waals surface area contributed by atoms with Gasteiger partial charge in [-0.3, -0.25) is 29.0 Å². The lowest BCUT2D eigenvalue weighted by Crippen LogP contribution is -2.24. The van der Waals surface area contributed by atoms with Crippen LogP contribution in [0.25, 0.3) is 0 Å². The fraction of sp³-hybridized carbons (Fsp3) is 0.698. The third-order valence-electron chi connectivity index (χ3n) is 11.0. The third-order valence-corrected chi connectivity index (χ3v) is 11.0. The highest BCUT2D eigenvalue weighted by Gasteiger charge is 2.19. The van der Waals surface area contributed by atoms with Crippen molar-refractivity contribution in [3.05, 3.63) is 182 Å². The molecule has 6 aromatic heterocycles. The lowest BCUT2D eigenvalue weighted by molar-refractivity contribution is 0.469. The Labute approximate surface area is 624 Å². The summed E-state index contributed by atoms with van der Waals surface area (Å²) in [5.41, 5.74) is 9.15. The van der Waals surface area contributed by atoms with Gasteiger partial charge in [0, 0.05) is 108 Å². The van der Waals surface area contributed by atoms with Crippen LogP contribution in [-0.2, 0) is 74.8 Å². The smallest absolute Gasteiger partial charge is 0.319 e. The average Bonchev–Trinajstić information content (AvgIpc) is 0.887. The molecule has 588 valence electrons. The third kappa shape index (κ3) is 69.2. The van der Waals surface area contributed by atoms with Gasteiger partial charge in [0.2, 0.25) is 5.56 Å². The van der Waals surface area contributed by atoms with Crippen LogP contribution in [0.3, 0.4) is 0 Å². The molecule has 0 aliphatic rings. The number of hydrogen-bond donors (Lipinski definition) is 0. The van der Waals surface area contributed by atoms with Crippen LogP contribution in [0, 0.1) is 32.5 Å². The monoisotopic (exact) mass is 1430 g/mol. The average molecular weight is 1430 g/mol. The van der Waals surface area contributed by atoms with Crippen molar-refractivity contribution in [3.8, 4) is 0 Å². The molecule has 0 spiro atoms. The standard InChI is InChI=1S/2C10H15NO.4C9H14N2O.6C5H12/c1-10(2,3)8-5-6-11(4)9(12)7-8;1-10(2,3)8-5-6-9(12)11(4)7-8;1-9(2,3)7-6-11(4)8(12)5-10-7;1-9(2,3)7-5-10-8(12)11(4)6-7;1-9(2,3)7-5-8(12)11(4)10-6-7;1-9(2,3)7-5-6-8(12)11(4)10-7;6*1-5(2,3)4/h2*5-7H,1-4H3;4*5-6H,1-4H3;6*1-4H3. The van der Waals surface area contributed by atoms with E-state index in [2.05, 4.69) is 311 Å². The van der Waals surface area contributed by atoms with Gasteiger partial charge in [0.15, 0.2) is 0 Å². The van der Waals surface area contributed by atoms with E-state index in [1.165, 1.54) is 25.7 Å². The van der Waals surface area contributed by atoms with Gasteiger partial charge in [-0.25, -0.2) is 19.1 Å². The van der Waals surface area contributed by atoms with Crippen LogP contribution in [-0.4, -0.2) is 47.8 Å². The SMILES string of the molecule is CC(C)(C)C.CC(C)(C)C.CC(C)(C)C.CC(C)(C)C.CC(C)(C)C.CC(C)(C)C.Cn1cc(C(C)(C)C)ccc1=O.Cn1cc(C(C)(C)C)cnc1=O.Cn1cc(C(C)(C)C)ncc1=O.Cn1ccc(C(C)(C)C)cc1=O.Cn1nc(C(C)(C)C)ccc1=O.Cn1ncc(C(C)(C)C)cc1=O. The molecule has 0 fully saturated rings. The summed E-state index contributed by atoms with van der Waals surface area (Å²) in [5, 5.41) is 8.10. The molecule has 0 aromatic carbocycles. The van der Waals surface area contributed by atoms with Crippen molar-refractivity contribution in [1.29, 1.82) is 0 Å². The fourth-order valence-corrected chi connectivity index (χ4v) is 5.62. The highest BCUT2D eigenvalue weighted by Crippen LogP contribution is 2.23. The Hall–Kier alpha value is -6.58. The maximum Gasteiger partial charge on any atom is 0.347 e. The van der Waals surface area contributed by atoms with Gasteiger partial charge in [0.25, 0.3) is 22.2 Å². The van der Waals surface area contributed by atoms with E-state index in [-0.39, 0.29) is 66.0 Å². The molecular weight excluding hydrogens is 1270 g/mol. The van der Waals surface area contributed by atoms with E-state index in [9.17, 15) is 28.8 Å². The number of pyridine rings is 2. The first kappa shape index (κ1) is 106. The van der Waals surface area contributed by atoms with Crippen LogP contribution >= 0.6 is 0 Å². The van der Waals surface area contributed by atoms with E-state index in [1.54, 1.807) is 105 Å². The lowest BCUT2D eigenvalue weighted by Gasteiger charge is -2.19. The highest BCUT2D eigenvalue weighted by molar-refractivity contribution is 5.21. The summed E-state index contributed by atoms with van der Waals surface area (Å²) in [4.78, 5) is 74.3.